The zero-order valence-corrected chi connectivity index (χ0v) is 24.9. The number of carbonyl (C=O) groups excluding carboxylic acids is 4. The second-order valence-corrected chi connectivity index (χ2v) is 11.0. The Morgan fingerprint density at radius 2 is 1.86 bits per heavy atom. The summed E-state index contributed by atoms with van der Waals surface area (Å²) in [6.07, 6.45) is 1.38. The Balaban J connectivity index is 1.32. The summed E-state index contributed by atoms with van der Waals surface area (Å²) in [4.78, 5) is 56.1. The molecule has 1 aromatic heterocycles. The summed E-state index contributed by atoms with van der Waals surface area (Å²) >= 11 is 6.92. The number of pyridine rings is 1. The van der Waals surface area contributed by atoms with Crippen LogP contribution in [0.3, 0.4) is 0 Å². The van der Waals surface area contributed by atoms with Crippen molar-refractivity contribution in [1.29, 1.82) is 0 Å². The normalized spacial score (nSPS) is 18.6. The summed E-state index contributed by atoms with van der Waals surface area (Å²) in [5.41, 5.74) is 4.22. The zero-order chi connectivity index (χ0) is 30.7. The minimum Gasteiger partial charge on any atom is -0.481 e. The van der Waals surface area contributed by atoms with E-state index in [-0.39, 0.29) is 18.5 Å². The Morgan fingerprint density at radius 1 is 1.09 bits per heavy atom. The lowest BCUT2D eigenvalue weighted by molar-refractivity contribution is -0.140. The first-order chi connectivity index (χ1) is 20.7. The molecule has 11 nitrogen and oxygen atoms in total. The molecule has 5 rings (SSSR count). The number of methoxy groups -OCH3 is 1. The average Bonchev–Trinajstić information content (AvgIpc) is 3.42. The van der Waals surface area contributed by atoms with E-state index >= 15 is 0 Å². The number of imide groups is 1. The van der Waals surface area contributed by atoms with Gasteiger partial charge in [0.25, 0.3) is 0 Å². The van der Waals surface area contributed by atoms with Gasteiger partial charge in [-0.05, 0) is 30.2 Å². The highest BCUT2D eigenvalue weighted by atomic mass is 35.5. The molecule has 3 N–H and O–H groups in total. The number of ether oxygens (including phenoxy) is 1. The number of anilines is 1. The highest BCUT2D eigenvalue weighted by Gasteiger charge is 2.39. The van der Waals surface area contributed by atoms with E-state index in [1.165, 1.54) is 11.9 Å². The van der Waals surface area contributed by atoms with Gasteiger partial charge in [-0.1, -0.05) is 48.0 Å². The molecule has 2 aliphatic rings. The van der Waals surface area contributed by atoms with Crippen molar-refractivity contribution in [2.75, 3.05) is 39.6 Å². The molecule has 0 bridgehead atoms. The van der Waals surface area contributed by atoms with Crippen molar-refractivity contribution in [3.63, 3.8) is 0 Å². The van der Waals surface area contributed by atoms with E-state index in [1.807, 2.05) is 36.4 Å². The number of amides is 5. The minimum atomic E-state index is -1.01. The van der Waals surface area contributed by atoms with Gasteiger partial charge in [-0.2, -0.15) is 0 Å². The van der Waals surface area contributed by atoms with Crippen molar-refractivity contribution in [2.45, 2.75) is 25.4 Å². The maximum absolute atomic E-state index is 13.0. The van der Waals surface area contributed by atoms with E-state index < -0.39 is 23.8 Å². The van der Waals surface area contributed by atoms with E-state index in [0.717, 1.165) is 28.0 Å². The third-order valence-electron chi connectivity index (χ3n) is 7.65. The number of urea groups is 1. The zero-order valence-electron chi connectivity index (χ0n) is 24.1. The molecule has 5 amide bonds. The number of carbonyl (C=O) groups is 4. The molecule has 0 radical (unpaired) electrons. The van der Waals surface area contributed by atoms with Crippen molar-refractivity contribution in [3.05, 3.63) is 65.2 Å². The van der Waals surface area contributed by atoms with Crippen LogP contribution in [-0.2, 0) is 20.9 Å². The molecule has 3 heterocycles. The fourth-order valence-electron chi connectivity index (χ4n) is 5.30. The van der Waals surface area contributed by atoms with Crippen LogP contribution in [0.2, 0.25) is 5.02 Å². The molecular weight excluding hydrogens is 572 g/mol. The van der Waals surface area contributed by atoms with Crippen molar-refractivity contribution in [1.82, 2.24) is 25.4 Å². The van der Waals surface area contributed by atoms with Gasteiger partial charge in [0, 0.05) is 68.6 Å². The lowest BCUT2D eigenvalue weighted by Crippen LogP contribution is -2.56. The van der Waals surface area contributed by atoms with E-state index in [9.17, 15) is 19.2 Å². The first-order valence-electron chi connectivity index (χ1n) is 13.9. The minimum absolute atomic E-state index is 0.00541. The molecule has 2 aliphatic heterocycles. The summed E-state index contributed by atoms with van der Waals surface area (Å²) in [5.74, 6) is -1.48. The van der Waals surface area contributed by atoms with Gasteiger partial charge in [0.05, 0.1) is 17.8 Å². The maximum atomic E-state index is 13.0. The number of hydrogen-bond acceptors (Lipinski definition) is 7. The molecule has 0 saturated carbocycles. The first kappa shape index (κ1) is 30.0. The van der Waals surface area contributed by atoms with Gasteiger partial charge < -0.3 is 25.6 Å². The smallest absolute Gasteiger partial charge is 0.326 e. The lowest BCUT2D eigenvalue weighted by Gasteiger charge is -2.33. The fourth-order valence-corrected chi connectivity index (χ4v) is 5.63. The van der Waals surface area contributed by atoms with Crippen LogP contribution in [0.4, 0.5) is 10.5 Å². The molecular formula is C31H33ClN6O5. The largest absolute Gasteiger partial charge is 0.481 e. The molecule has 12 heteroatoms. The van der Waals surface area contributed by atoms with Gasteiger partial charge in [-0.3, -0.25) is 19.3 Å². The summed E-state index contributed by atoms with van der Waals surface area (Å²) in [6.45, 7) is 1.20. The van der Waals surface area contributed by atoms with Crippen LogP contribution in [0.15, 0.2) is 54.6 Å². The molecule has 0 aliphatic carbocycles. The molecule has 0 spiro atoms. The Bertz CT molecular complexity index is 1580. The van der Waals surface area contributed by atoms with Crippen molar-refractivity contribution >= 4 is 41.0 Å². The Morgan fingerprint density at radius 3 is 2.60 bits per heavy atom. The molecule has 2 aromatic carbocycles. The monoisotopic (exact) mass is 604 g/mol. The van der Waals surface area contributed by atoms with Gasteiger partial charge in [-0.15, -0.1) is 0 Å². The third-order valence-corrected chi connectivity index (χ3v) is 8.06. The highest BCUT2D eigenvalue weighted by Crippen LogP contribution is 2.37. The Labute approximate surface area is 254 Å². The fraction of sp³-hybridized carbons (Fsp3) is 0.323. The predicted molar refractivity (Wildman–Crippen MR) is 162 cm³/mol. The lowest BCUT2D eigenvalue weighted by atomic mass is 10.00. The second-order valence-electron chi connectivity index (χ2n) is 10.6. The maximum Gasteiger partial charge on any atom is 0.326 e. The van der Waals surface area contributed by atoms with Gasteiger partial charge in [0.15, 0.2) is 0 Å². The second kappa shape index (κ2) is 12.8. The van der Waals surface area contributed by atoms with Crippen LogP contribution >= 0.6 is 11.6 Å². The van der Waals surface area contributed by atoms with Crippen LogP contribution in [0.5, 0.6) is 5.88 Å². The number of rotatable bonds is 9. The van der Waals surface area contributed by atoms with Crippen molar-refractivity contribution < 1.29 is 23.9 Å². The Hall–Kier alpha value is -4.48. The average molecular weight is 605 g/mol. The van der Waals surface area contributed by atoms with Crippen LogP contribution in [0.1, 0.15) is 18.4 Å². The van der Waals surface area contributed by atoms with E-state index in [0.29, 0.717) is 47.4 Å². The SMILES string of the molecule is COc1nc(-c2cccc(-c3cccc(NC(=O)C4CN(C)C(=O)N(C)C4=O)c3)c2Cl)ccc1CNC[C@@H]1CCC(=O)N1. The number of nitrogens with zero attached hydrogens (tertiary/aromatic N) is 3. The molecule has 224 valence electrons. The third kappa shape index (κ3) is 6.47. The van der Waals surface area contributed by atoms with Crippen molar-refractivity contribution in [2.24, 2.45) is 5.92 Å². The van der Waals surface area contributed by atoms with Crippen LogP contribution in [-0.4, -0.2) is 78.9 Å². The van der Waals surface area contributed by atoms with Gasteiger partial charge in [0.1, 0.15) is 5.92 Å². The molecule has 2 saturated heterocycles. The van der Waals surface area contributed by atoms with E-state index in [4.69, 9.17) is 21.3 Å². The molecule has 2 fully saturated rings. The van der Waals surface area contributed by atoms with Crippen LogP contribution < -0.4 is 20.7 Å². The van der Waals surface area contributed by atoms with E-state index in [1.54, 1.807) is 32.4 Å². The van der Waals surface area contributed by atoms with Crippen LogP contribution in [0, 0.1) is 5.92 Å². The quantitative estimate of drug-likeness (QED) is 0.318. The summed E-state index contributed by atoms with van der Waals surface area (Å²) < 4.78 is 5.58. The number of hydrogen-bond donors (Lipinski definition) is 3. The number of benzene rings is 2. The van der Waals surface area contributed by atoms with Gasteiger partial charge in [0.2, 0.25) is 23.6 Å². The van der Waals surface area contributed by atoms with Crippen LogP contribution in [0.25, 0.3) is 22.4 Å². The summed E-state index contributed by atoms with van der Waals surface area (Å²) in [6, 6.07) is 16.3. The molecule has 1 unspecified atom stereocenters. The standard InChI is InChI=1S/C31H33ClN6O5/c1-37-17-24(30(41)38(2)31(37)42)28(40)35-20-7-4-6-18(14-20)22-8-5-9-23(27(22)32)25-12-10-19(29(36-25)43-3)15-33-16-21-11-13-26(39)34-21/h4-10,12,14,21,24,33H,11,13,15-17H2,1-3H3,(H,34,39)(H,35,40)/t21-,24?/m0/s1. The number of aromatic nitrogens is 1. The molecule has 43 heavy (non-hydrogen) atoms. The predicted octanol–water partition coefficient (Wildman–Crippen LogP) is 3.52. The Kier molecular flexibility index (Phi) is 8.93. The topological polar surface area (TPSA) is 133 Å². The summed E-state index contributed by atoms with van der Waals surface area (Å²) in [7, 11) is 4.48. The molecule has 2 atom stereocenters. The van der Waals surface area contributed by atoms with E-state index in [2.05, 4.69) is 16.0 Å². The summed E-state index contributed by atoms with van der Waals surface area (Å²) in [5, 5.41) is 9.59. The van der Waals surface area contributed by atoms with Gasteiger partial charge in [-0.25, -0.2) is 9.78 Å². The molecule has 3 aromatic rings. The van der Waals surface area contributed by atoms with Gasteiger partial charge >= 0.3 is 6.03 Å². The highest BCUT2D eigenvalue weighted by molar-refractivity contribution is 6.36. The number of nitrogens with one attached hydrogen (secondary N) is 3. The first-order valence-corrected chi connectivity index (χ1v) is 14.3. The van der Waals surface area contributed by atoms with Crippen molar-refractivity contribution in [3.8, 4) is 28.3 Å². The number of halogens is 1.